The zero-order valence-electron chi connectivity index (χ0n) is 9.44. The Labute approximate surface area is 92.0 Å². The van der Waals surface area contributed by atoms with Gasteiger partial charge in [-0.3, -0.25) is 4.79 Å². The molecule has 0 aromatic carbocycles. The summed E-state index contributed by atoms with van der Waals surface area (Å²) in [7, 11) is 0. The maximum atomic E-state index is 11.4. The molecule has 1 aliphatic rings. The van der Waals surface area contributed by atoms with Crippen LogP contribution in [0.25, 0.3) is 0 Å². The predicted molar refractivity (Wildman–Crippen MR) is 61.3 cm³/mol. The molecule has 1 rings (SSSR count). The molecule has 0 saturated heterocycles. The highest BCUT2D eigenvalue weighted by molar-refractivity contribution is 5.78. The molecule has 15 heavy (non-hydrogen) atoms. The third-order valence-corrected chi connectivity index (χ3v) is 2.61. The summed E-state index contributed by atoms with van der Waals surface area (Å²) in [6.45, 7) is 3.04. The molecule has 0 bridgehead atoms. The Balaban J connectivity index is 1.99. The molecule has 0 unspecified atom stereocenters. The van der Waals surface area contributed by atoms with Gasteiger partial charge in [-0.05, 0) is 19.8 Å². The first kappa shape index (κ1) is 12.1. The van der Waals surface area contributed by atoms with E-state index >= 15 is 0 Å². The van der Waals surface area contributed by atoms with Crippen molar-refractivity contribution in [3.63, 3.8) is 0 Å². The normalized spacial score (nSPS) is 15.8. The third-order valence-electron chi connectivity index (χ3n) is 2.61. The zero-order valence-corrected chi connectivity index (χ0v) is 9.44. The van der Waals surface area contributed by atoms with Gasteiger partial charge in [0, 0.05) is 19.0 Å². The zero-order chi connectivity index (χ0) is 10.9. The van der Waals surface area contributed by atoms with Gasteiger partial charge >= 0.3 is 0 Å². The van der Waals surface area contributed by atoms with Crippen LogP contribution in [0.5, 0.6) is 0 Å². The van der Waals surface area contributed by atoms with Gasteiger partial charge in [-0.1, -0.05) is 12.8 Å². The van der Waals surface area contributed by atoms with Gasteiger partial charge in [-0.2, -0.15) is 0 Å². The Hall–Kier alpha value is -1.01. The molecule has 0 aromatic rings. The lowest BCUT2D eigenvalue weighted by Gasteiger charge is -2.11. The van der Waals surface area contributed by atoms with E-state index in [1.165, 1.54) is 12.8 Å². The van der Waals surface area contributed by atoms with Crippen molar-refractivity contribution >= 4 is 5.91 Å². The Morgan fingerprint density at radius 1 is 1.40 bits per heavy atom. The monoisotopic (exact) mass is 208 g/mol. The molecule has 1 aliphatic carbocycles. The third kappa shape index (κ3) is 5.44. The first-order chi connectivity index (χ1) is 7.33. The lowest BCUT2D eigenvalue weighted by atomic mass is 10.2. The summed E-state index contributed by atoms with van der Waals surface area (Å²) >= 11 is 0. The summed E-state index contributed by atoms with van der Waals surface area (Å²) in [6.07, 6.45) is 5.61. The van der Waals surface area contributed by atoms with Crippen molar-refractivity contribution in [2.24, 2.45) is 0 Å². The fraction of sp³-hybridized carbons (Fsp3) is 0.750. The van der Waals surface area contributed by atoms with Crippen molar-refractivity contribution in [1.29, 1.82) is 0 Å². The van der Waals surface area contributed by atoms with Gasteiger partial charge in [0.25, 0.3) is 0 Å². The summed E-state index contributed by atoms with van der Waals surface area (Å²) in [5.74, 6) is 5.89. The Morgan fingerprint density at radius 2 is 2.13 bits per heavy atom. The van der Waals surface area contributed by atoms with E-state index in [1.807, 2.05) is 6.92 Å². The number of hydrogen-bond donors (Lipinski definition) is 2. The molecule has 0 aromatic heterocycles. The van der Waals surface area contributed by atoms with Crippen LogP contribution in [0.2, 0.25) is 0 Å². The van der Waals surface area contributed by atoms with Crippen LogP contribution in [0.3, 0.4) is 0 Å². The summed E-state index contributed by atoms with van der Waals surface area (Å²) < 4.78 is 0. The van der Waals surface area contributed by atoms with E-state index in [0.29, 0.717) is 12.6 Å². The Bertz CT molecular complexity index is 246. The second-order valence-corrected chi connectivity index (χ2v) is 3.90. The fourth-order valence-corrected chi connectivity index (χ4v) is 1.83. The van der Waals surface area contributed by atoms with Gasteiger partial charge in [-0.25, -0.2) is 0 Å². The van der Waals surface area contributed by atoms with Crippen molar-refractivity contribution in [3.05, 3.63) is 0 Å². The highest BCUT2D eigenvalue weighted by Crippen LogP contribution is 2.17. The Morgan fingerprint density at radius 3 is 2.80 bits per heavy atom. The first-order valence-corrected chi connectivity index (χ1v) is 5.72. The molecule has 3 heteroatoms. The van der Waals surface area contributed by atoms with Gasteiger partial charge in [0.1, 0.15) is 0 Å². The van der Waals surface area contributed by atoms with Crippen molar-refractivity contribution in [1.82, 2.24) is 10.6 Å². The Kier molecular flexibility index (Phi) is 5.87. The number of carbonyl (C=O) groups excluding carboxylic acids is 1. The van der Waals surface area contributed by atoms with Gasteiger partial charge in [-0.15, -0.1) is 11.8 Å². The number of nitrogens with one attached hydrogen (secondary N) is 2. The maximum absolute atomic E-state index is 11.4. The predicted octanol–water partition coefficient (Wildman–Crippen LogP) is 1.05. The number of carbonyl (C=O) groups is 1. The quantitative estimate of drug-likeness (QED) is 0.524. The molecule has 2 N–H and O–H groups in total. The molecule has 0 radical (unpaired) electrons. The minimum absolute atomic E-state index is 0.117. The van der Waals surface area contributed by atoms with E-state index in [2.05, 4.69) is 22.5 Å². The molecule has 1 fully saturated rings. The van der Waals surface area contributed by atoms with Crippen LogP contribution in [0, 0.1) is 11.8 Å². The number of rotatable bonds is 5. The van der Waals surface area contributed by atoms with Crippen LogP contribution in [-0.4, -0.2) is 25.0 Å². The molecule has 3 nitrogen and oxygen atoms in total. The van der Waals surface area contributed by atoms with Crippen LogP contribution < -0.4 is 10.6 Å². The van der Waals surface area contributed by atoms with Gasteiger partial charge in [0.05, 0.1) is 6.54 Å². The topological polar surface area (TPSA) is 41.1 Å². The van der Waals surface area contributed by atoms with E-state index in [1.54, 1.807) is 0 Å². The van der Waals surface area contributed by atoms with Crippen LogP contribution in [0.15, 0.2) is 0 Å². The highest BCUT2D eigenvalue weighted by Gasteiger charge is 2.16. The molecule has 1 saturated carbocycles. The summed E-state index contributed by atoms with van der Waals surface area (Å²) in [5.41, 5.74) is 0. The van der Waals surface area contributed by atoms with Crippen molar-refractivity contribution in [3.8, 4) is 11.8 Å². The van der Waals surface area contributed by atoms with E-state index < -0.39 is 0 Å². The molecule has 0 spiro atoms. The molecular formula is C12H20N2O. The largest absolute Gasteiger partial charge is 0.352 e. The second kappa shape index (κ2) is 7.30. The highest BCUT2D eigenvalue weighted by atomic mass is 16.1. The summed E-state index contributed by atoms with van der Waals surface area (Å²) in [5, 5.41) is 6.11. The fourth-order valence-electron chi connectivity index (χ4n) is 1.83. The molecule has 0 heterocycles. The second-order valence-electron chi connectivity index (χ2n) is 3.90. The van der Waals surface area contributed by atoms with Crippen LogP contribution in [-0.2, 0) is 4.79 Å². The lowest BCUT2D eigenvalue weighted by Crippen LogP contribution is -2.39. The average molecular weight is 208 g/mol. The standard InChI is InChI=1S/C12H20N2O/c1-2-3-6-9-13-10-12(15)14-11-7-4-5-8-11/h11,13H,4-10H2,1H3,(H,14,15). The smallest absolute Gasteiger partial charge is 0.234 e. The van der Waals surface area contributed by atoms with Crippen LogP contribution in [0.4, 0.5) is 0 Å². The van der Waals surface area contributed by atoms with Gasteiger partial charge < -0.3 is 10.6 Å². The van der Waals surface area contributed by atoms with E-state index in [0.717, 1.165) is 25.8 Å². The van der Waals surface area contributed by atoms with Crippen molar-refractivity contribution in [2.75, 3.05) is 13.1 Å². The minimum Gasteiger partial charge on any atom is -0.352 e. The number of hydrogen-bond acceptors (Lipinski definition) is 2. The van der Waals surface area contributed by atoms with Crippen molar-refractivity contribution < 1.29 is 4.79 Å². The lowest BCUT2D eigenvalue weighted by molar-refractivity contribution is -0.120. The van der Waals surface area contributed by atoms with Gasteiger partial charge in [0.15, 0.2) is 0 Å². The van der Waals surface area contributed by atoms with E-state index in [-0.39, 0.29) is 5.91 Å². The molecule has 1 amide bonds. The minimum atomic E-state index is 0.117. The summed E-state index contributed by atoms with van der Waals surface area (Å²) in [6, 6.07) is 0.426. The average Bonchev–Trinajstić information content (AvgIpc) is 2.70. The SMILES string of the molecule is CC#CCCNCC(=O)NC1CCCC1. The molecular weight excluding hydrogens is 188 g/mol. The van der Waals surface area contributed by atoms with Crippen molar-refractivity contribution in [2.45, 2.75) is 45.1 Å². The molecule has 0 aliphatic heterocycles. The van der Waals surface area contributed by atoms with Crippen LogP contribution in [0.1, 0.15) is 39.0 Å². The summed E-state index contributed by atoms with van der Waals surface area (Å²) in [4.78, 5) is 11.4. The first-order valence-electron chi connectivity index (χ1n) is 5.72. The van der Waals surface area contributed by atoms with E-state index in [4.69, 9.17) is 0 Å². The number of amides is 1. The van der Waals surface area contributed by atoms with E-state index in [9.17, 15) is 4.79 Å². The maximum Gasteiger partial charge on any atom is 0.234 e. The molecule has 0 atom stereocenters. The van der Waals surface area contributed by atoms with Gasteiger partial charge in [0.2, 0.25) is 5.91 Å². The molecule has 84 valence electrons. The van der Waals surface area contributed by atoms with Crippen LogP contribution >= 0.6 is 0 Å².